The van der Waals surface area contributed by atoms with Crippen molar-refractivity contribution in [3.8, 4) is 0 Å². The second-order valence-corrected chi connectivity index (χ2v) is 6.01. The summed E-state index contributed by atoms with van der Waals surface area (Å²) in [5.41, 5.74) is 2.87. The molecule has 0 atom stereocenters. The molecule has 0 amide bonds. The molecule has 1 saturated heterocycles. The normalized spacial score (nSPS) is 17.4. The summed E-state index contributed by atoms with van der Waals surface area (Å²) in [6.45, 7) is 8.16. The lowest BCUT2D eigenvalue weighted by molar-refractivity contribution is 0.221. The molecule has 1 aliphatic rings. The second-order valence-electron chi connectivity index (χ2n) is 6.01. The first-order valence-electron chi connectivity index (χ1n) is 7.56. The maximum Gasteiger partial charge on any atom is 0.0486 e. The third-order valence-electron chi connectivity index (χ3n) is 4.22. The highest BCUT2D eigenvalue weighted by Gasteiger charge is 2.15. The molecule has 1 aliphatic heterocycles. The molecule has 3 rings (SSSR count). The zero-order chi connectivity index (χ0) is 13.2. The Kier molecular flexibility index (Phi) is 3.61. The van der Waals surface area contributed by atoms with E-state index in [1.54, 1.807) is 0 Å². The maximum absolute atomic E-state index is 2.61. The average Bonchev–Trinajstić information content (AvgIpc) is 2.79. The van der Waals surface area contributed by atoms with E-state index in [0.717, 1.165) is 6.54 Å². The minimum absolute atomic E-state index is 0.528. The SMILES string of the molecule is CC(C)n1cc(CN2CCCCC2)c2ccccc21. The van der Waals surface area contributed by atoms with Crippen LogP contribution in [0.3, 0.4) is 0 Å². The first-order chi connectivity index (χ1) is 9.25. The van der Waals surface area contributed by atoms with E-state index in [9.17, 15) is 0 Å². The van der Waals surface area contributed by atoms with Gasteiger partial charge in [-0.05, 0) is 51.4 Å². The van der Waals surface area contributed by atoms with E-state index in [2.05, 4.69) is 53.8 Å². The Balaban J connectivity index is 1.94. The van der Waals surface area contributed by atoms with Gasteiger partial charge in [0.25, 0.3) is 0 Å². The molecule has 19 heavy (non-hydrogen) atoms. The Hall–Kier alpha value is -1.28. The molecule has 0 saturated carbocycles. The highest BCUT2D eigenvalue weighted by Crippen LogP contribution is 2.26. The van der Waals surface area contributed by atoms with E-state index >= 15 is 0 Å². The summed E-state index contributed by atoms with van der Waals surface area (Å²) in [6.07, 6.45) is 6.50. The van der Waals surface area contributed by atoms with Gasteiger partial charge in [-0.1, -0.05) is 24.6 Å². The Morgan fingerprint density at radius 1 is 1.05 bits per heavy atom. The van der Waals surface area contributed by atoms with Gasteiger partial charge in [0.2, 0.25) is 0 Å². The van der Waals surface area contributed by atoms with Gasteiger partial charge in [-0.25, -0.2) is 0 Å². The first kappa shape index (κ1) is 12.7. The number of rotatable bonds is 3. The number of benzene rings is 1. The van der Waals surface area contributed by atoms with Gasteiger partial charge in [0.15, 0.2) is 0 Å². The highest BCUT2D eigenvalue weighted by molar-refractivity contribution is 5.84. The Morgan fingerprint density at radius 3 is 2.53 bits per heavy atom. The fourth-order valence-corrected chi connectivity index (χ4v) is 3.19. The van der Waals surface area contributed by atoms with Crippen molar-refractivity contribution in [1.29, 1.82) is 0 Å². The standard InChI is InChI=1S/C17H24N2/c1-14(2)19-13-15(12-18-10-6-3-7-11-18)16-8-4-5-9-17(16)19/h4-5,8-9,13-14H,3,6-7,10-12H2,1-2H3. The molecule has 2 nitrogen and oxygen atoms in total. The van der Waals surface area contributed by atoms with Gasteiger partial charge in [-0.2, -0.15) is 0 Å². The number of aromatic nitrogens is 1. The fraction of sp³-hybridized carbons (Fsp3) is 0.529. The molecule has 102 valence electrons. The third-order valence-corrected chi connectivity index (χ3v) is 4.22. The van der Waals surface area contributed by atoms with E-state index in [0.29, 0.717) is 6.04 Å². The van der Waals surface area contributed by atoms with Gasteiger partial charge in [0, 0.05) is 29.7 Å². The number of hydrogen-bond acceptors (Lipinski definition) is 1. The molecule has 0 radical (unpaired) electrons. The average molecular weight is 256 g/mol. The predicted octanol–water partition coefficient (Wildman–Crippen LogP) is 4.21. The van der Waals surface area contributed by atoms with Crippen LogP contribution in [-0.2, 0) is 6.54 Å². The molecule has 0 unspecified atom stereocenters. The molecule has 2 heterocycles. The zero-order valence-electron chi connectivity index (χ0n) is 12.1. The summed E-state index contributed by atoms with van der Waals surface area (Å²) >= 11 is 0. The molecular formula is C17H24N2. The largest absolute Gasteiger partial charge is 0.345 e. The van der Waals surface area contributed by atoms with Crippen molar-refractivity contribution in [2.24, 2.45) is 0 Å². The zero-order valence-corrected chi connectivity index (χ0v) is 12.1. The van der Waals surface area contributed by atoms with E-state index < -0.39 is 0 Å². The molecule has 1 aromatic carbocycles. The van der Waals surface area contributed by atoms with Crippen molar-refractivity contribution in [2.45, 2.75) is 45.7 Å². The summed E-state index contributed by atoms with van der Waals surface area (Å²) < 4.78 is 2.41. The molecule has 0 spiro atoms. The molecule has 1 aromatic heterocycles. The van der Waals surface area contributed by atoms with Crippen molar-refractivity contribution in [3.63, 3.8) is 0 Å². The molecule has 2 heteroatoms. The Morgan fingerprint density at radius 2 is 1.79 bits per heavy atom. The second kappa shape index (κ2) is 5.38. The highest BCUT2D eigenvalue weighted by atomic mass is 15.1. The van der Waals surface area contributed by atoms with Crippen LogP contribution in [0.25, 0.3) is 10.9 Å². The third kappa shape index (κ3) is 2.55. The smallest absolute Gasteiger partial charge is 0.0486 e. The van der Waals surface area contributed by atoms with E-state index in [1.807, 2.05) is 0 Å². The van der Waals surface area contributed by atoms with Gasteiger partial charge < -0.3 is 4.57 Å². The van der Waals surface area contributed by atoms with Crippen LogP contribution in [-0.4, -0.2) is 22.6 Å². The van der Waals surface area contributed by atoms with Crippen molar-refractivity contribution >= 4 is 10.9 Å². The number of nitrogens with zero attached hydrogens (tertiary/aromatic N) is 2. The van der Waals surface area contributed by atoms with E-state index in [-0.39, 0.29) is 0 Å². The monoisotopic (exact) mass is 256 g/mol. The number of para-hydroxylation sites is 1. The Labute approximate surface area is 116 Å². The van der Waals surface area contributed by atoms with Crippen LogP contribution < -0.4 is 0 Å². The molecule has 0 aliphatic carbocycles. The summed E-state index contributed by atoms with van der Waals surface area (Å²) in [4.78, 5) is 2.61. The van der Waals surface area contributed by atoms with Crippen molar-refractivity contribution in [2.75, 3.05) is 13.1 Å². The summed E-state index contributed by atoms with van der Waals surface area (Å²) in [5, 5.41) is 1.43. The van der Waals surface area contributed by atoms with Crippen LogP contribution in [0.5, 0.6) is 0 Å². The molecule has 0 N–H and O–H groups in total. The number of piperidine rings is 1. The van der Waals surface area contributed by atoms with Gasteiger partial charge in [-0.15, -0.1) is 0 Å². The van der Waals surface area contributed by atoms with Crippen molar-refractivity contribution in [3.05, 3.63) is 36.0 Å². The molecular weight excluding hydrogens is 232 g/mol. The number of fused-ring (bicyclic) bond motifs is 1. The van der Waals surface area contributed by atoms with Crippen molar-refractivity contribution < 1.29 is 0 Å². The van der Waals surface area contributed by atoms with E-state index in [4.69, 9.17) is 0 Å². The Bertz CT molecular complexity index is 547. The van der Waals surface area contributed by atoms with Crippen LogP contribution in [0.2, 0.25) is 0 Å². The van der Waals surface area contributed by atoms with Gasteiger partial charge in [-0.3, -0.25) is 4.90 Å². The van der Waals surface area contributed by atoms with Crippen molar-refractivity contribution in [1.82, 2.24) is 9.47 Å². The molecule has 2 aromatic rings. The number of likely N-dealkylation sites (tertiary alicyclic amines) is 1. The van der Waals surface area contributed by atoms with Crippen LogP contribution in [0.1, 0.15) is 44.7 Å². The lowest BCUT2D eigenvalue weighted by Gasteiger charge is -2.26. The number of hydrogen-bond donors (Lipinski definition) is 0. The fourth-order valence-electron chi connectivity index (χ4n) is 3.19. The first-order valence-corrected chi connectivity index (χ1v) is 7.56. The quantitative estimate of drug-likeness (QED) is 0.798. The van der Waals surface area contributed by atoms with E-state index in [1.165, 1.54) is 48.8 Å². The lowest BCUT2D eigenvalue weighted by Crippen LogP contribution is -2.28. The summed E-state index contributed by atoms with van der Waals surface area (Å²) in [6, 6.07) is 9.35. The van der Waals surface area contributed by atoms with Gasteiger partial charge in [0.1, 0.15) is 0 Å². The van der Waals surface area contributed by atoms with Crippen LogP contribution in [0.15, 0.2) is 30.5 Å². The lowest BCUT2D eigenvalue weighted by atomic mass is 10.1. The maximum atomic E-state index is 2.61. The van der Waals surface area contributed by atoms with Crippen LogP contribution in [0.4, 0.5) is 0 Å². The molecule has 0 bridgehead atoms. The minimum atomic E-state index is 0.528. The predicted molar refractivity (Wildman–Crippen MR) is 81.5 cm³/mol. The summed E-state index contributed by atoms with van der Waals surface area (Å²) in [7, 11) is 0. The van der Waals surface area contributed by atoms with Crippen LogP contribution in [0, 0.1) is 0 Å². The van der Waals surface area contributed by atoms with Gasteiger partial charge in [0.05, 0.1) is 0 Å². The topological polar surface area (TPSA) is 8.17 Å². The molecule has 1 fully saturated rings. The van der Waals surface area contributed by atoms with Crippen LogP contribution >= 0.6 is 0 Å². The summed E-state index contributed by atoms with van der Waals surface area (Å²) in [5.74, 6) is 0. The van der Waals surface area contributed by atoms with Gasteiger partial charge >= 0.3 is 0 Å². The minimum Gasteiger partial charge on any atom is -0.345 e.